The van der Waals surface area contributed by atoms with E-state index < -0.39 is 27.3 Å². The number of hydrogen-bond donors (Lipinski definition) is 2. The Morgan fingerprint density at radius 3 is 2.44 bits per heavy atom. The SMILES string of the molecule is CC1(NS(=O)(=O)c2cccc(C(=O)Nc3ccc(F)cc3)c2)COC1. The molecule has 2 N–H and O–H groups in total. The van der Waals surface area contributed by atoms with Gasteiger partial charge in [-0.05, 0) is 49.4 Å². The van der Waals surface area contributed by atoms with Crippen molar-refractivity contribution in [3.63, 3.8) is 0 Å². The molecule has 0 aliphatic carbocycles. The molecule has 1 saturated heterocycles. The molecule has 0 spiro atoms. The summed E-state index contributed by atoms with van der Waals surface area (Å²) in [5.41, 5.74) is -0.0373. The molecule has 8 heteroatoms. The summed E-state index contributed by atoms with van der Waals surface area (Å²) >= 11 is 0. The van der Waals surface area contributed by atoms with Gasteiger partial charge in [0.15, 0.2) is 0 Å². The molecular weight excluding hydrogens is 347 g/mol. The van der Waals surface area contributed by atoms with Gasteiger partial charge in [-0.1, -0.05) is 6.07 Å². The number of anilines is 1. The second kappa shape index (κ2) is 6.55. The van der Waals surface area contributed by atoms with E-state index >= 15 is 0 Å². The molecule has 25 heavy (non-hydrogen) atoms. The van der Waals surface area contributed by atoms with E-state index in [1.807, 2.05) is 0 Å². The van der Waals surface area contributed by atoms with Crippen molar-refractivity contribution < 1.29 is 22.3 Å². The van der Waals surface area contributed by atoms with Gasteiger partial charge in [-0.2, -0.15) is 0 Å². The number of amides is 1. The lowest BCUT2D eigenvalue weighted by Gasteiger charge is -2.38. The molecule has 0 unspecified atom stereocenters. The Hall–Kier alpha value is -2.29. The number of carbonyl (C=O) groups excluding carboxylic acids is 1. The van der Waals surface area contributed by atoms with E-state index in [1.54, 1.807) is 6.92 Å². The highest BCUT2D eigenvalue weighted by molar-refractivity contribution is 7.89. The lowest BCUT2D eigenvalue weighted by molar-refractivity contribution is -0.0523. The summed E-state index contributed by atoms with van der Waals surface area (Å²) in [4.78, 5) is 12.3. The number of nitrogens with one attached hydrogen (secondary N) is 2. The van der Waals surface area contributed by atoms with Crippen molar-refractivity contribution in [3.8, 4) is 0 Å². The maximum atomic E-state index is 12.9. The summed E-state index contributed by atoms with van der Waals surface area (Å²) < 4.78 is 45.5. The summed E-state index contributed by atoms with van der Waals surface area (Å²) in [6, 6.07) is 11.0. The highest BCUT2D eigenvalue weighted by Crippen LogP contribution is 2.21. The Bertz CT molecular complexity index is 893. The molecule has 0 radical (unpaired) electrons. The van der Waals surface area contributed by atoms with Crippen LogP contribution in [-0.4, -0.2) is 33.1 Å². The van der Waals surface area contributed by atoms with Crippen molar-refractivity contribution in [1.82, 2.24) is 4.72 Å². The van der Waals surface area contributed by atoms with Crippen molar-refractivity contribution in [2.75, 3.05) is 18.5 Å². The molecule has 0 bridgehead atoms. The van der Waals surface area contributed by atoms with Crippen LogP contribution in [0.3, 0.4) is 0 Å². The first-order valence-corrected chi connectivity index (χ1v) is 9.05. The minimum Gasteiger partial charge on any atom is -0.377 e. The fourth-order valence-electron chi connectivity index (χ4n) is 2.39. The molecular formula is C17H17FN2O4S. The van der Waals surface area contributed by atoms with Gasteiger partial charge in [0.05, 0.1) is 23.6 Å². The molecule has 1 heterocycles. The second-order valence-corrected chi connectivity index (χ2v) is 7.83. The van der Waals surface area contributed by atoms with Crippen LogP contribution in [0.1, 0.15) is 17.3 Å². The predicted octanol–water partition coefficient (Wildman–Crippen LogP) is 2.15. The quantitative estimate of drug-likeness (QED) is 0.851. The van der Waals surface area contributed by atoms with Gasteiger partial charge in [0.25, 0.3) is 5.91 Å². The third-order valence-corrected chi connectivity index (χ3v) is 5.37. The third kappa shape index (κ3) is 4.04. The van der Waals surface area contributed by atoms with E-state index in [2.05, 4.69) is 10.0 Å². The molecule has 1 aliphatic heterocycles. The molecule has 2 aromatic rings. The molecule has 0 aromatic heterocycles. The van der Waals surface area contributed by atoms with E-state index in [-0.39, 0.29) is 10.5 Å². The summed E-state index contributed by atoms with van der Waals surface area (Å²) in [6.07, 6.45) is 0. The fraction of sp³-hybridized carbons (Fsp3) is 0.235. The highest BCUT2D eigenvalue weighted by Gasteiger charge is 2.37. The molecule has 1 amide bonds. The second-order valence-electron chi connectivity index (χ2n) is 6.15. The largest absolute Gasteiger partial charge is 0.377 e. The lowest BCUT2D eigenvalue weighted by Crippen LogP contribution is -2.59. The van der Waals surface area contributed by atoms with Gasteiger partial charge in [0.1, 0.15) is 5.82 Å². The zero-order chi connectivity index (χ0) is 18.1. The van der Waals surface area contributed by atoms with Crippen LogP contribution in [0, 0.1) is 5.82 Å². The Morgan fingerprint density at radius 1 is 1.16 bits per heavy atom. The number of halogens is 1. The van der Waals surface area contributed by atoms with Gasteiger partial charge in [-0.15, -0.1) is 0 Å². The smallest absolute Gasteiger partial charge is 0.255 e. The topological polar surface area (TPSA) is 84.5 Å². The van der Waals surface area contributed by atoms with E-state index in [4.69, 9.17) is 4.74 Å². The van der Waals surface area contributed by atoms with Crippen LogP contribution in [0.15, 0.2) is 53.4 Å². The number of benzene rings is 2. The standard InChI is InChI=1S/C17H17FN2O4S/c1-17(10-24-11-17)20-25(22,23)15-4-2-3-12(9-15)16(21)19-14-7-5-13(18)6-8-14/h2-9,20H,10-11H2,1H3,(H,19,21). The zero-order valence-corrected chi connectivity index (χ0v) is 14.3. The summed E-state index contributed by atoms with van der Waals surface area (Å²) in [5.74, 6) is -0.896. The molecule has 1 fully saturated rings. The Labute approximate surface area is 145 Å². The predicted molar refractivity (Wildman–Crippen MR) is 90.3 cm³/mol. The Balaban J connectivity index is 1.78. The lowest BCUT2D eigenvalue weighted by atomic mass is 10.0. The van der Waals surface area contributed by atoms with Gasteiger partial charge in [-0.3, -0.25) is 4.79 Å². The normalized spacial score (nSPS) is 16.1. The molecule has 0 saturated carbocycles. The van der Waals surface area contributed by atoms with E-state index in [9.17, 15) is 17.6 Å². The number of sulfonamides is 1. The van der Waals surface area contributed by atoms with Gasteiger partial charge in [-0.25, -0.2) is 17.5 Å². The first kappa shape index (κ1) is 17.5. The van der Waals surface area contributed by atoms with Crippen molar-refractivity contribution in [3.05, 3.63) is 59.9 Å². The van der Waals surface area contributed by atoms with Crippen LogP contribution in [-0.2, 0) is 14.8 Å². The highest BCUT2D eigenvalue weighted by atomic mass is 32.2. The molecule has 132 valence electrons. The first-order chi connectivity index (χ1) is 11.8. The van der Waals surface area contributed by atoms with Gasteiger partial charge in [0.2, 0.25) is 10.0 Å². The van der Waals surface area contributed by atoms with Crippen LogP contribution >= 0.6 is 0 Å². The maximum absolute atomic E-state index is 12.9. The Morgan fingerprint density at radius 2 is 1.84 bits per heavy atom. The minimum atomic E-state index is -3.77. The average molecular weight is 364 g/mol. The molecule has 6 nitrogen and oxygen atoms in total. The van der Waals surface area contributed by atoms with Crippen LogP contribution in [0.2, 0.25) is 0 Å². The first-order valence-electron chi connectivity index (χ1n) is 7.56. The molecule has 0 atom stereocenters. The summed E-state index contributed by atoms with van der Waals surface area (Å²) in [5, 5.41) is 2.59. The number of hydrogen-bond acceptors (Lipinski definition) is 4. The van der Waals surface area contributed by atoms with Crippen molar-refractivity contribution >= 4 is 21.6 Å². The van der Waals surface area contributed by atoms with E-state index in [1.165, 1.54) is 48.5 Å². The Kier molecular flexibility index (Phi) is 4.59. The van der Waals surface area contributed by atoms with Crippen LogP contribution in [0.4, 0.5) is 10.1 Å². The fourth-order valence-corrected chi connectivity index (χ4v) is 3.82. The van der Waals surface area contributed by atoms with Crippen LogP contribution in [0.25, 0.3) is 0 Å². The third-order valence-electron chi connectivity index (χ3n) is 3.73. The van der Waals surface area contributed by atoms with Gasteiger partial charge >= 0.3 is 0 Å². The van der Waals surface area contributed by atoms with Crippen LogP contribution < -0.4 is 10.0 Å². The zero-order valence-electron chi connectivity index (χ0n) is 13.5. The van der Waals surface area contributed by atoms with Crippen molar-refractivity contribution in [1.29, 1.82) is 0 Å². The number of carbonyl (C=O) groups is 1. The molecule has 2 aromatic carbocycles. The molecule has 3 rings (SSSR count). The van der Waals surface area contributed by atoms with Crippen molar-refractivity contribution in [2.24, 2.45) is 0 Å². The summed E-state index contributed by atoms with van der Waals surface area (Å²) in [7, 11) is -3.77. The maximum Gasteiger partial charge on any atom is 0.255 e. The van der Waals surface area contributed by atoms with E-state index in [0.717, 1.165) is 0 Å². The number of rotatable bonds is 5. The van der Waals surface area contributed by atoms with Crippen LogP contribution in [0.5, 0.6) is 0 Å². The minimum absolute atomic E-state index is 0.00705. The summed E-state index contributed by atoms with van der Waals surface area (Å²) in [6.45, 7) is 2.35. The van der Waals surface area contributed by atoms with E-state index in [0.29, 0.717) is 18.9 Å². The number of ether oxygens (including phenoxy) is 1. The van der Waals surface area contributed by atoms with Gasteiger partial charge in [0, 0.05) is 11.3 Å². The van der Waals surface area contributed by atoms with Gasteiger partial charge < -0.3 is 10.1 Å². The van der Waals surface area contributed by atoms with Crippen molar-refractivity contribution in [2.45, 2.75) is 17.4 Å². The monoisotopic (exact) mass is 364 g/mol. The average Bonchev–Trinajstić information content (AvgIpc) is 2.55. The molecule has 1 aliphatic rings.